The Morgan fingerprint density at radius 1 is 1.32 bits per heavy atom. The molecule has 0 aliphatic carbocycles. The first-order valence-electron chi connectivity index (χ1n) is 4.87. The van der Waals surface area contributed by atoms with Crippen LogP contribution < -0.4 is 9.86 Å². The number of primary sulfonamides is 1. The number of carbonyl (C=O) groups is 1. The van der Waals surface area contributed by atoms with Crippen LogP contribution in [0.15, 0.2) is 23.1 Å². The van der Waals surface area contributed by atoms with Crippen molar-refractivity contribution in [3.63, 3.8) is 0 Å². The molecule has 0 spiro atoms. The second-order valence-electron chi connectivity index (χ2n) is 3.73. The van der Waals surface area contributed by atoms with Gasteiger partial charge in [0, 0.05) is 0 Å². The molecule has 106 valence electrons. The number of nitrogens with one attached hydrogen (secondary N) is 1. The molecule has 1 aromatic rings. The first-order valence-corrected chi connectivity index (χ1v) is 8.07. The number of carboxylic acids is 1. The Kier molecular flexibility index (Phi) is 4.18. The fraction of sp³-hybridized carbons (Fsp3) is 0.222. The second-order valence-corrected chi connectivity index (χ2v) is 6.98. The number of nitrogens with two attached hydrogens (primary N) is 1. The van der Waals surface area contributed by atoms with Gasteiger partial charge in [0.25, 0.3) is 0 Å². The van der Waals surface area contributed by atoms with Gasteiger partial charge in [-0.2, -0.15) is 0 Å². The molecule has 1 aromatic carbocycles. The molecule has 4 N–H and O–H groups in total. The lowest BCUT2D eigenvalue weighted by Crippen LogP contribution is -2.23. The number of sulfonamides is 2. The minimum absolute atomic E-state index is 0.0345. The number of rotatable bonds is 5. The summed E-state index contributed by atoms with van der Waals surface area (Å²) >= 11 is 0. The highest BCUT2D eigenvalue weighted by Gasteiger charge is 2.19. The molecule has 0 aromatic heterocycles. The first kappa shape index (κ1) is 15.4. The van der Waals surface area contributed by atoms with Gasteiger partial charge >= 0.3 is 5.97 Å². The minimum Gasteiger partial charge on any atom is -0.480 e. The summed E-state index contributed by atoms with van der Waals surface area (Å²) in [6.45, 7) is 1.36. The van der Waals surface area contributed by atoms with Crippen molar-refractivity contribution in [2.45, 2.75) is 11.8 Å². The van der Waals surface area contributed by atoms with Crippen molar-refractivity contribution < 1.29 is 26.7 Å². The molecule has 1 rings (SSSR count). The highest BCUT2D eigenvalue weighted by atomic mass is 32.2. The van der Waals surface area contributed by atoms with E-state index in [4.69, 9.17) is 10.2 Å². The summed E-state index contributed by atoms with van der Waals surface area (Å²) < 4.78 is 47.4. The van der Waals surface area contributed by atoms with Crippen molar-refractivity contribution in [2.24, 2.45) is 5.14 Å². The average molecular weight is 308 g/mol. The van der Waals surface area contributed by atoms with Crippen molar-refractivity contribution in [3.8, 4) is 0 Å². The number of aliphatic carboxylic acids is 1. The highest BCUT2D eigenvalue weighted by Crippen LogP contribution is 2.22. The molecule has 0 radical (unpaired) electrons. The standard InChI is InChI=1S/C9H12N2O6S2/c1-6-7(11-18(14,15)5-9(12)13)3-2-4-8(6)19(10,16)17/h2-4,11H,5H2,1H3,(H,12,13)(H2,10,16,17). The van der Waals surface area contributed by atoms with Gasteiger partial charge in [0.05, 0.1) is 10.6 Å². The first-order chi connectivity index (χ1) is 8.53. The van der Waals surface area contributed by atoms with Crippen LogP contribution in [0, 0.1) is 6.92 Å². The van der Waals surface area contributed by atoms with Crippen LogP contribution >= 0.6 is 0 Å². The van der Waals surface area contributed by atoms with Crippen molar-refractivity contribution >= 4 is 31.7 Å². The van der Waals surface area contributed by atoms with E-state index in [2.05, 4.69) is 0 Å². The molecule has 8 nitrogen and oxygen atoms in total. The quantitative estimate of drug-likeness (QED) is 0.667. The van der Waals surface area contributed by atoms with Gasteiger partial charge in [-0.1, -0.05) is 6.07 Å². The summed E-state index contributed by atoms with van der Waals surface area (Å²) in [7, 11) is -8.09. The molecule has 0 saturated heterocycles. The molecule has 19 heavy (non-hydrogen) atoms. The van der Waals surface area contributed by atoms with Gasteiger partial charge in [-0.05, 0) is 24.6 Å². The van der Waals surface area contributed by atoms with Gasteiger partial charge in [0.1, 0.15) is 0 Å². The molecule has 0 atom stereocenters. The van der Waals surface area contributed by atoms with E-state index in [1.165, 1.54) is 25.1 Å². The zero-order valence-electron chi connectivity index (χ0n) is 9.82. The smallest absolute Gasteiger partial charge is 0.320 e. The molecule has 0 unspecified atom stereocenters. The molecular weight excluding hydrogens is 296 g/mol. The van der Waals surface area contributed by atoms with Crippen LogP contribution in [-0.4, -0.2) is 33.7 Å². The number of anilines is 1. The monoisotopic (exact) mass is 308 g/mol. The maximum absolute atomic E-state index is 11.5. The van der Waals surface area contributed by atoms with Crippen LogP contribution in [0.5, 0.6) is 0 Å². The van der Waals surface area contributed by atoms with E-state index < -0.39 is 31.8 Å². The molecule has 0 amide bonds. The van der Waals surface area contributed by atoms with E-state index in [1.807, 2.05) is 4.72 Å². The Morgan fingerprint density at radius 2 is 1.89 bits per heavy atom. The van der Waals surface area contributed by atoms with Gasteiger partial charge in [0.15, 0.2) is 5.75 Å². The van der Waals surface area contributed by atoms with Crippen LogP contribution in [0.3, 0.4) is 0 Å². The topological polar surface area (TPSA) is 144 Å². The Balaban J connectivity index is 3.22. The lowest BCUT2D eigenvalue weighted by molar-refractivity contribution is -0.134. The number of hydrogen-bond acceptors (Lipinski definition) is 5. The van der Waals surface area contributed by atoms with Crippen LogP contribution in [-0.2, 0) is 24.8 Å². The van der Waals surface area contributed by atoms with Gasteiger partial charge in [-0.15, -0.1) is 0 Å². The summed E-state index contributed by atoms with van der Waals surface area (Å²) in [4.78, 5) is 10.1. The third-order valence-electron chi connectivity index (χ3n) is 2.17. The third-order valence-corrected chi connectivity index (χ3v) is 4.38. The SMILES string of the molecule is Cc1c(NS(=O)(=O)CC(=O)O)cccc1S(N)(=O)=O. The fourth-order valence-corrected chi connectivity index (χ4v) is 3.16. The Bertz CT molecular complexity index is 708. The predicted molar refractivity (Wildman–Crippen MR) is 67.6 cm³/mol. The number of hydrogen-bond donors (Lipinski definition) is 3. The van der Waals surface area contributed by atoms with E-state index in [9.17, 15) is 21.6 Å². The Labute approximate surface area is 110 Å². The normalized spacial score (nSPS) is 12.1. The highest BCUT2D eigenvalue weighted by molar-refractivity contribution is 7.93. The van der Waals surface area contributed by atoms with Crippen LogP contribution in [0.2, 0.25) is 0 Å². The molecule has 0 fully saturated rings. The summed E-state index contributed by atoms with van der Waals surface area (Å²) in [5, 5.41) is 13.4. The van der Waals surface area contributed by atoms with Crippen LogP contribution in [0.25, 0.3) is 0 Å². The summed E-state index contributed by atoms with van der Waals surface area (Å²) in [6.07, 6.45) is 0. The zero-order chi connectivity index (χ0) is 14.8. The summed E-state index contributed by atoms with van der Waals surface area (Å²) in [5.41, 5.74) is 0.0618. The van der Waals surface area contributed by atoms with Crippen LogP contribution in [0.4, 0.5) is 5.69 Å². The van der Waals surface area contributed by atoms with E-state index in [0.29, 0.717) is 0 Å². The van der Waals surface area contributed by atoms with Crippen LogP contribution in [0.1, 0.15) is 5.56 Å². The van der Waals surface area contributed by atoms with Gasteiger partial charge < -0.3 is 5.11 Å². The van der Waals surface area contributed by atoms with Crippen molar-refractivity contribution in [2.75, 3.05) is 10.5 Å². The third kappa shape index (κ3) is 4.19. The van der Waals surface area contributed by atoms with Gasteiger partial charge in [-0.3, -0.25) is 9.52 Å². The molecule has 0 aliphatic heterocycles. The lowest BCUT2D eigenvalue weighted by atomic mass is 10.2. The van der Waals surface area contributed by atoms with E-state index in [-0.39, 0.29) is 16.1 Å². The predicted octanol–water partition coefficient (Wildman–Crippen LogP) is -0.531. The lowest BCUT2D eigenvalue weighted by Gasteiger charge is -2.11. The summed E-state index contributed by atoms with van der Waals surface area (Å²) in [6, 6.07) is 3.83. The number of carboxylic acid groups (broad SMARTS) is 1. The maximum Gasteiger partial charge on any atom is 0.320 e. The van der Waals surface area contributed by atoms with E-state index in [1.54, 1.807) is 0 Å². The fourth-order valence-electron chi connectivity index (χ4n) is 1.40. The zero-order valence-corrected chi connectivity index (χ0v) is 11.5. The number of benzene rings is 1. The van der Waals surface area contributed by atoms with E-state index in [0.717, 1.165) is 0 Å². The Hall–Kier alpha value is -1.65. The molecule has 0 saturated carbocycles. The second kappa shape index (κ2) is 5.15. The molecule has 10 heteroatoms. The average Bonchev–Trinajstić information content (AvgIpc) is 2.16. The Morgan fingerprint density at radius 3 is 2.37 bits per heavy atom. The van der Waals surface area contributed by atoms with Gasteiger partial charge in [-0.25, -0.2) is 22.0 Å². The largest absolute Gasteiger partial charge is 0.480 e. The van der Waals surface area contributed by atoms with Crippen molar-refractivity contribution in [3.05, 3.63) is 23.8 Å². The van der Waals surface area contributed by atoms with E-state index >= 15 is 0 Å². The van der Waals surface area contributed by atoms with Crippen molar-refractivity contribution in [1.29, 1.82) is 0 Å². The van der Waals surface area contributed by atoms with Crippen molar-refractivity contribution in [1.82, 2.24) is 0 Å². The molecule has 0 bridgehead atoms. The summed E-state index contributed by atoms with van der Waals surface area (Å²) in [5.74, 6) is -2.64. The molecule has 0 aliphatic rings. The van der Waals surface area contributed by atoms with Gasteiger partial charge in [0.2, 0.25) is 20.0 Å². The molecular formula is C9H12N2O6S2. The minimum atomic E-state index is -4.10. The molecule has 0 heterocycles. The maximum atomic E-state index is 11.5.